The van der Waals surface area contributed by atoms with Gasteiger partial charge in [-0.25, -0.2) is 0 Å². The lowest BCUT2D eigenvalue weighted by Crippen LogP contribution is -2.38. The minimum absolute atomic E-state index is 0.0268. The molecule has 0 unspecified atom stereocenters. The number of nitrogens with one attached hydrogen (secondary N) is 2. The summed E-state index contributed by atoms with van der Waals surface area (Å²) in [6, 6.07) is 25.6. The summed E-state index contributed by atoms with van der Waals surface area (Å²) in [6.45, 7) is 2.91. The zero-order valence-corrected chi connectivity index (χ0v) is 19.6. The van der Waals surface area contributed by atoms with E-state index in [0.29, 0.717) is 23.6 Å². The van der Waals surface area contributed by atoms with Crippen LogP contribution in [-0.4, -0.2) is 29.8 Å². The van der Waals surface area contributed by atoms with Crippen LogP contribution in [0, 0.1) is 5.92 Å². The molecule has 178 valence electrons. The third-order valence-corrected chi connectivity index (χ3v) is 6.67. The van der Waals surface area contributed by atoms with Crippen LogP contribution in [0.5, 0.6) is 0 Å². The van der Waals surface area contributed by atoms with Crippen LogP contribution in [0.25, 0.3) is 10.8 Å². The number of piperidine rings is 1. The number of carbonyl (C=O) groups is 2. The summed E-state index contributed by atoms with van der Waals surface area (Å²) >= 11 is 0. The molecule has 0 aliphatic carbocycles. The lowest BCUT2D eigenvalue weighted by molar-refractivity contribution is -0.121. The zero-order chi connectivity index (χ0) is 24.0. The van der Waals surface area contributed by atoms with E-state index in [-0.39, 0.29) is 17.7 Å². The van der Waals surface area contributed by atoms with Crippen LogP contribution in [0.3, 0.4) is 0 Å². The van der Waals surface area contributed by atoms with Crippen molar-refractivity contribution in [1.82, 2.24) is 10.2 Å². The first kappa shape index (κ1) is 22.9. The van der Waals surface area contributed by atoms with Crippen molar-refractivity contribution >= 4 is 28.3 Å². The quantitative estimate of drug-likeness (QED) is 0.391. The maximum absolute atomic E-state index is 13.1. The molecule has 1 aliphatic rings. The fourth-order valence-corrected chi connectivity index (χ4v) is 4.73. The van der Waals surface area contributed by atoms with E-state index in [1.807, 2.05) is 6.07 Å². The van der Waals surface area contributed by atoms with Crippen molar-refractivity contribution in [3.8, 4) is 0 Å². The van der Waals surface area contributed by atoms with Gasteiger partial charge in [-0.3, -0.25) is 14.5 Å². The maximum atomic E-state index is 13.1. The highest BCUT2D eigenvalue weighted by molar-refractivity contribution is 6.04. The Labute approximate surface area is 204 Å². The third kappa shape index (κ3) is 5.44. The summed E-state index contributed by atoms with van der Waals surface area (Å²) in [6.07, 6.45) is 3.16. The van der Waals surface area contributed by atoms with E-state index in [4.69, 9.17) is 4.42 Å². The van der Waals surface area contributed by atoms with Crippen LogP contribution in [0.2, 0.25) is 0 Å². The first-order chi connectivity index (χ1) is 17.2. The number of hydrogen-bond acceptors (Lipinski definition) is 4. The molecule has 5 rings (SSSR count). The second kappa shape index (κ2) is 10.6. The first-order valence-electron chi connectivity index (χ1n) is 12.1. The lowest BCUT2D eigenvalue weighted by Gasteiger charge is -2.31. The molecule has 6 heteroatoms. The number of likely N-dealkylation sites (tertiary alicyclic amines) is 1. The Balaban J connectivity index is 1.17. The highest BCUT2D eigenvalue weighted by Crippen LogP contribution is 2.25. The second-order valence-corrected chi connectivity index (χ2v) is 8.99. The van der Waals surface area contributed by atoms with Gasteiger partial charge in [0.25, 0.3) is 5.91 Å². The molecule has 0 atom stereocenters. The van der Waals surface area contributed by atoms with E-state index in [0.717, 1.165) is 32.5 Å². The number of anilines is 1. The number of nitrogens with zero attached hydrogens (tertiary/aromatic N) is 1. The van der Waals surface area contributed by atoms with Gasteiger partial charge in [-0.05, 0) is 66.5 Å². The third-order valence-electron chi connectivity index (χ3n) is 6.67. The largest absolute Gasteiger partial charge is 0.467 e. The molecule has 35 heavy (non-hydrogen) atoms. The molecule has 0 spiro atoms. The number of furan rings is 1. The molecule has 1 aromatic heterocycles. The number of carbonyl (C=O) groups excluding carboxylic acids is 2. The van der Waals surface area contributed by atoms with Gasteiger partial charge in [-0.1, -0.05) is 54.6 Å². The van der Waals surface area contributed by atoms with E-state index in [1.165, 1.54) is 16.3 Å². The van der Waals surface area contributed by atoms with Gasteiger partial charge in [-0.15, -0.1) is 0 Å². The van der Waals surface area contributed by atoms with Gasteiger partial charge in [0.15, 0.2) is 0 Å². The number of fused-ring (bicyclic) bond motifs is 1. The van der Waals surface area contributed by atoms with E-state index < -0.39 is 0 Å². The molecule has 1 saturated heterocycles. The van der Waals surface area contributed by atoms with Gasteiger partial charge in [0.1, 0.15) is 5.76 Å². The van der Waals surface area contributed by atoms with Crippen molar-refractivity contribution < 1.29 is 14.0 Å². The SMILES string of the molecule is O=C(NCc1ccco1)c1ccccc1NC(=O)C1CCN(Cc2cccc3ccccc23)CC1. The molecule has 2 N–H and O–H groups in total. The predicted octanol–water partition coefficient (Wildman–Crippen LogP) is 5.21. The van der Waals surface area contributed by atoms with Gasteiger partial charge in [0, 0.05) is 12.5 Å². The number of benzene rings is 3. The van der Waals surface area contributed by atoms with Crippen molar-refractivity contribution in [3.63, 3.8) is 0 Å². The molecule has 2 amide bonds. The van der Waals surface area contributed by atoms with Gasteiger partial charge in [-0.2, -0.15) is 0 Å². The maximum Gasteiger partial charge on any atom is 0.253 e. The summed E-state index contributed by atoms with van der Waals surface area (Å²) in [7, 11) is 0. The smallest absolute Gasteiger partial charge is 0.253 e. The molecule has 3 aromatic carbocycles. The fourth-order valence-electron chi connectivity index (χ4n) is 4.73. The molecular formula is C29H29N3O3. The Morgan fingerprint density at radius 3 is 2.49 bits per heavy atom. The standard InChI is InChI=1S/C29H29N3O3/c33-28(31-27-13-4-3-12-26(27)29(34)30-19-24-10-6-18-35-24)22-14-16-32(17-15-22)20-23-9-5-8-21-7-1-2-11-25(21)23/h1-13,18,22H,14-17,19-20H2,(H,30,34)(H,31,33). The minimum Gasteiger partial charge on any atom is -0.467 e. The minimum atomic E-state index is -0.248. The van der Waals surface area contributed by atoms with E-state index in [2.05, 4.69) is 58.0 Å². The average Bonchev–Trinajstić information content (AvgIpc) is 3.42. The Morgan fingerprint density at radius 1 is 0.886 bits per heavy atom. The van der Waals surface area contributed by atoms with Crippen LogP contribution in [0.1, 0.15) is 34.5 Å². The van der Waals surface area contributed by atoms with Crippen LogP contribution in [0.4, 0.5) is 5.69 Å². The van der Waals surface area contributed by atoms with Crippen molar-refractivity contribution in [2.75, 3.05) is 18.4 Å². The molecular weight excluding hydrogens is 438 g/mol. The Morgan fingerprint density at radius 2 is 1.66 bits per heavy atom. The molecule has 1 aliphatic heterocycles. The van der Waals surface area contributed by atoms with Crippen molar-refractivity contribution in [1.29, 1.82) is 0 Å². The Kier molecular flexibility index (Phi) is 6.91. The molecule has 0 radical (unpaired) electrons. The monoisotopic (exact) mass is 467 g/mol. The van der Waals surface area contributed by atoms with E-state index >= 15 is 0 Å². The molecule has 0 saturated carbocycles. The van der Waals surface area contributed by atoms with Crippen molar-refractivity contribution in [2.24, 2.45) is 5.92 Å². The highest BCUT2D eigenvalue weighted by atomic mass is 16.3. The molecule has 0 bridgehead atoms. The zero-order valence-electron chi connectivity index (χ0n) is 19.6. The number of rotatable bonds is 7. The number of para-hydroxylation sites is 1. The normalized spacial score (nSPS) is 14.6. The summed E-state index contributed by atoms with van der Waals surface area (Å²) in [5, 5.41) is 8.39. The second-order valence-electron chi connectivity index (χ2n) is 8.99. The first-order valence-corrected chi connectivity index (χ1v) is 12.1. The molecule has 1 fully saturated rings. The van der Waals surface area contributed by atoms with E-state index in [1.54, 1.807) is 36.6 Å². The van der Waals surface area contributed by atoms with Crippen LogP contribution in [0.15, 0.2) is 89.5 Å². The Bertz CT molecular complexity index is 1300. The van der Waals surface area contributed by atoms with Crippen LogP contribution in [-0.2, 0) is 17.9 Å². The van der Waals surface area contributed by atoms with Gasteiger partial charge < -0.3 is 15.1 Å². The number of hydrogen-bond donors (Lipinski definition) is 2. The Hall–Kier alpha value is -3.90. The average molecular weight is 468 g/mol. The van der Waals surface area contributed by atoms with Gasteiger partial charge in [0.05, 0.1) is 24.1 Å². The van der Waals surface area contributed by atoms with Crippen LogP contribution >= 0.6 is 0 Å². The van der Waals surface area contributed by atoms with E-state index in [9.17, 15) is 9.59 Å². The summed E-state index contributed by atoms with van der Waals surface area (Å²) in [5.74, 6) is 0.330. The van der Waals surface area contributed by atoms with Gasteiger partial charge in [0.2, 0.25) is 5.91 Å². The van der Waals surface area contributed by atoms with Crippen molar-refractivity contribution in [2.45, 2.75) is 25.9 Å². The van der Waals surface area contributed by atoms with Crippen LogP contribution < -0.4 is 10.6 Å². The van der Waals surface area contributed by atoms with Crippen molar-refractivity contribution in [3.05, 3.63) is 102 Å². The summed E-state index contributed by atoms with van der Waals surface area (Å²) in [5.41, 5.74) is 2.30. The molecule has 4 aromatic rings. The van der Waals surface area contributed by atoms with Gasteiger partial charge >= 0.3 is 0 Å². The predicted molar refractivity (Wildman–Crippen MR) is 137 cm³/mol. The lowest BCUT2D eigenvalue weighted by atomic mass is 9.94. The molecule has 2 heterocycles. The fraction of sp³-hybridized carbons (Fsp3) is 0.241. The topological polar surface area (TPSA) is 74.6 Å². The molecule has 6 nitrogen and oxygen atoms in total. The highest BCUT2D eigenvalue weighted by Gasteiger charge is 2.26. The summed E-state index contributed by atoms with van der Waals surface area (Å²) in [4.78, 5) is 28.2. The summed E-state index contributed by atoms with van der Waals surface area (Å²) < 4.78 is 5.27. The number of amides is 2.